The molecular formula is C20H26O2. The van der Waals surface area contributed by atoms with Crippen LogP contribution in [-0.4, -0.2) is 19.3 Å². The van der Waals surface area contributed by atoms with E-state index in [2.05, 4.69) is 57.2 Å². The Balaban J connectivity index is 1.82. The maximum Gasteiger partial charge on any atom is 0.119 e. The molecular weight excluding hydrogens is 272 g/mol. The zero-order valence-corrected chi connectivity index (χ0v) is 13.8. The second-order valence-corrected chi connectivity index (χ2v) is 5.86. The smallest absolute Gasteiger partial charge is 0.119 e. The Labute approximate surface area is 134 Å². The Morgan fingerprint density at radius 2 is 1.45 bits per heavy atom. The molecule has 2 heteroatoms. The number of hydrogen-bond donors (Lipinski definition) is 0. The second-order valence-electron chi connectivity index (χ2n) is 5.86. The van der Waals surface area contributed by atoms with Crippen LogP contribution < -0.4 is 4.74 Å². The van der Waals surface area contributed by atoms with Crippen LogP contribution in [0.1, 0.15) is 27.2 Å². The summed E-state index contributed by atoms with van der Waals surface area (Å²) in [4.78, 5) is 0. The van der Waals surface area contributed by atoms with Gasteiger partial charge in [0.2, 0.25) is 0 Å². The van der Waals surface area contributed by atoms with Gasteiger partial charge >= 0.3 is 0 Å². The highest BCUT2D eigenvalue weighted by atomic mass is 16.5. The summed E-state index contributed by atoms with van der Waals surface area (Å²) in [7, 11) is 0. The Morgan fingerprint density at radius 3 is 2.09 bits per heavy atom. The van der Waals surface area contributed by atoms with E-state index in [1.807, 2.05) is 18.2 Å². The first-order chi connectivity index (χ1) is 10.7. The lowest BCUT2D eigenvalue weighted by Gasteiger charge is -2.17. The van der Waals surface area contributed by atoms with Crippen LogP contribution in [0.2, 0.25) is 0 Å². The van der Waals surface area contributed by atoms with Gasteiger partial charge in [0.05, 0.1) is 6.10 Å². The van der Waals surface area contributed by atoms with Crippen molar-refractivity contribution in [3.8, 4) is 16.9 Å². The van der Waals surface area contributed by atoms with Crippen LogP contribution in [0.15, 0.2) is 54.6 Å². The maximum absolute atomic E-state index is 5.80. The molecule has 0 aliphatic rings. The molecule has 0 aromatic heterocycles. The molecule has 118 valence electrons. The number of ether oxygens (including phenoxy) is 2. The lowest BCUT2D eigenvalue weighted by Crippen LogP contribution is -2.20. The van der Waals surface area contributed by atoms with Crippen molar-refractivity contribution in [1.29, 1.82) is 0 Å². The molecule has 0 N–H and O–H groups in total. The first-order valence-corrected chi connectivity index (χ1v) is 8.09. The lowest BCUT2D eigenvalue weighted by molar-refractivity contribution is 0.0149. The van der Waals surface area contributed by atoms with Crippen molar-refractivity contribution >= 4 is 0 Å². The van der Waals surface area contributed by atoms with E-state index in [-0.39, 0.29) is 6.10 Å². The second kappa shape index (κ2) is 8.60. The van der Waals surface area contributed by atoms with Crippen molar-refractivity contribution in [2.75, 3.05) is 13.2 Å². The quantitative estimate of drug-likeness (QED) is 0.668. The summed E-state index contributed by atoms with van der Waals surface area (Å²) < 4.78 is 11.6. The summed E-state index contributed by atoms with van der Waals surface area (Å²) in [5.41, 5.74) is 2.42. The fourth-order valence-corrected chi connectivity index (χ4v) is 2.08. The van der Waals surface area contributed by atoms with E-state index >= 15 is 0 Å². The molecule has 0 spiro atoms. The van der Waals surface area contributed by atoms with Gasteiger partial charge in [-0.05, 0) is 36.1 Å². The number of benzene rings is 2. The Hall–Kier alpha value is -1.80. The van der Waals surface area contributed by atoms with Crippen LogP contribution in [0.5, 0.6) is 5.75 Å². The van der Waals surface area contributed by atoms with E-state index in [4.69, 9.17) is 9.47 Å². The third-order valence-electron chi connectivity index (χ3n) is 3.81. The number of hydrogen-bond acceptors (Lipinski definition) is 2. The highest BCUT2D eigenvalue weighted by molar-refractivity contribution is 5.63. The molecule has 0 saturated carbocycles. The molecule has 0 radical (unpaired) electrons. The van der Waals surface area contributed by atoms with Gasteiger partial charge in [0.25, 0.3) is 0 Å². The first-order valence-electron chi connectivity index (χ1n) is 8.09. The van der Waals surface area contributed by atoms with Crippen molar-refractivity contribution in [3.05, 3.63) is 54.6 Å². The minimum atomic E-state index is 0.114. The van der Waals surface area contributed by atoms with Crippen LogP contribution in [0.4, 0.5) is 0 Å². The van der Waals surface area contributed by atoms with Gasteiger partial charge in [0.1, 0.15) is 12.4 Å². The fraction of sp³-hybridized carbons (Fsp3) is 0.400. The topological polar surface area (TPSA) is 18.5 Å². The largest absolute Gasteiger partial charge is 0.491 e. The summed E-state index contributed by atoms with van der Waals surface area (Å²) in [6.45, 7) is 7.83. The van der Waals surface area contributed by atoms with Crippen LogP contribution in [0, 0.1) is 5.92 Å². The van der Waals surface area contributed by atoms with E-state index in [9.17, 15) is 0 Å². The van der Waals surface area contributed by atoms with Crippen molar-refractivity contribution in [2.24, 2.45) is 5.92 Å². The van der Waals surface area contributed by atoms with E-state index in [0.29, 0.717) is 12.5 Å². The average molecular weight is 298 g/mol. The molecule has 0 bridgehead atoms. The third-order valence-corrected chi connectivity index (χ3v) is 3.81. The summed E-state index contributed by atoms with van der Waals surface area (Å²) >= 11 is 0. The van der Waals surface area contributed by atoms with Gasteiger partial charge < -0.3 is 9.47 Å². The average Bonchev–Trinajstić information content (AvgIpc) is 2.59. The molecule has 2 nitrogen and oxygen atoms in total. The van der Waals surface area contributed by atoms with Gasteiger partial charge in [-0.3, -0.25) is 0 Å². The fourth-order valence-electron chi connectivity index (χ4n) is 2.08. The monoisotopic (exact) mass is 298 g/mol. The Kier molecular flexibility index (Phi) is 6.47. The zero-order valence-electron chi connectivity index (χ0n) is 13.8. The van der Waals surface area contributed by atoms with Crippen molar-refractivity contribution in [1.82, 2.24) is 0 Å². The number of rotatable bonds is 8. The molecule has 2 aromatic rings. The molecule has 0 aliphatic carbocycles. The summed E-state index contributed by atoms with van der Waals surface area (Å²) in [6, 6.07) is 18.6. The summed E-state index contributed by atoms with van der Waals surface area (Å²) in [6.07, 6.45) is 1.26. The van der Waals surface area contributed by atoms with Gasteiger partial charge in [-0.2, -0.15) is 0 Å². The molecule has 2 rings (SSSR count). The summed E-state index contributed by atoms with van der Waals surface area (Å²) in [5, 5.41) is 0. The van der Waals surface area contributed by atoms with Gasteiger partial charge in [0, 0.05) is 6.61 Å². The van der Waals surface area contributed by atoms with Crippen molar-refractivity contribution in [2.45, 2.75) is 33.3 Å². The van der Waals surface area contributed by atoms with Crippen molar-refractivity contribution in [3.63, 3.8) is 0 Å². The molecule has 0 amide bonds. The Bertz CT molecular complexity index is 533. The maximum atomic E-state index is 5.80. The minimum absolute atomic E-state index is 0.114. The van der Waals surface area contributed by atoms with Gasteiger partial charge in [-0.25, -0.2) is 0 Å². The standard InChI is InChI=1S/C20H26O2/c1-4-16(2)14-21-17(3)15-22-20-12-10-19(11-13-20)18-8-6-5-7-9-18/h5-13,16-17H,4,14-15H2,1-3H3/t16-,17-/m0/s1. The van der Waals surface area contributed by atoms with E-state index in [0.717, 1.165) is 18.8 Å². The SMILES string of the molecule is CC[C@H](C)CO[C@@H](C)COc1ccc(-c2ccccc2)cc1. The van der Waals surface area contributed by atoms with Gasteiger partial charge in [-0.1, -0.05) is 62.7 Å². The predicted octanol–water partition coefficient (Wildman–Crippen LogP) is 5.18. The van der Waals surface area contributed by atoms with Crippen LogP contribution in [-0.2, 0) is 4.74 Å². The van der Waals surface area contributed by atoms with E-state index < -0.39 is 0 Å². The molecule has 0 fully saturated rings. The van der Waals surface area contributed by atoms with Crippen LogP contribution >= 0.6 is 0 Å². The van der Waals surface area contributed by atoms with Gasteiger partial charge in [0.15, 0.2) is 0 Å². The normalized spacial score (nSPS) is 13.6. The highest BCUT2D eigenvalue weighted by Gasteiger charge is 2.06. The van der Waals surface area contributed by atoms with Crippen molar-refractivity contribution < 1.29 is 9.47 Å². The molecule has 0 unspecified atom stereocenters. The van der Waals surface area contributed by atoms with Gasteiger partial charge in [-0.15, -0.1) is 0 Å². The van der Waals surface area contributed by atoms with Crippen LogP contribution in [0.25, 0.3) is 11.1 Å². The highest BCUT2D eigenvalue weighted by Crippen LogP contribution is 2.22. The predicted molar refractivity (Wildman–Crippen MR) is 92.2 cm³/mol. The minimum Gasteiger partial charge on any atom is -0.491 e. The molecule has 0 aliphatic heterocycles. The first kappa shape index (κ1) is 16.6. The molecule has 2 atom stereocenters. The third kappa shape index (κ3) is 5.19. The molecule has 0 heterocycles. The zero-order chi connectivity index (χ0) is 15.8. The van der Waals surface area contributed by atoms with E-state index in [1.54, 1.807) is 0 Å². The molecule has 0 saturated heterocycles. The lowest BCUT2D eigenvalue weighted by atomic mass is 10.1. The Morgan fingerprint density at radius 1 is 0.818 bits per heavy atom. The molecule has 22 heavy (non-hydrogen) atoms. The summed E-state index contributed by atoms with van der Waals surface area (Å²) in [5.74, 6) is 1.49. The van der Waals surface area contributed by atoms with Crippen LogP contribution in [0.3, 0.4) is 0 Å². The molecule has 2 aromatic carbocycles. The van der Waals surface area contributed by atoms with E-state index in [1.165, 1.54) is 11.1 Å².